The van der Waals surface area contributed by atoms with E-state index in [2.05, 4.69) is 255 Å². The molecule has 0 N–H and O–H groups in total. The highest BCUT2D eigenvalue weighted by atomic mass is 32.1. The maximum absolute atomic E-state index is 5.50. The maximum Gasteiger partial charge on any atom is 0.164 e. The first-order valence-corrected chi connectivity index (χ1v) is 27.1. The van der Waals surface area contributed by atoms with Crippen LogP contribution < -0.4 is 0 Å². The minimum Gasteiger partial charge on any atom is -0.208 e. The van der Waals surface area contributed by atoms with Crippen molar-refractivity contribution in [3.63, 3.8) is 0 Å². The van der Waals surface area contributed by atoms with E-state index in [1.807, 2.05) is 22.7 Å². The Labute approximate surface area is 442 Å². The van der Waals surface area contributed by atoms with Crippen LogP contribution in [0.2, 0.25) is 0 Å². The van der Waals surface area contributed by atoms with Crippen molar-refractivity contribution in [3.8, 4) is 89.8 Å². The standard InChI is InChI=1S/C70H43N3S2/c1-5-19-43(20-6-1)50-29-17-31-56-64(50)65-51(44-21-7-2-8-22-44)30-18-32-57(65)66(56)67-58(45-23-9-3-10-24-45)39-49(40-59(67)46-25-11-4-12-26-46)70-72-68(47-35-37-54-52-27-13-15-33-60(52)74-62(54)41-47)71-69(73-70)48-36-38-55-53-28-14-16-34-61(53)75-63(55)42-48/h1-42,66H. The van der Waals surface area contributed by atoms with E-state index in [1.54, 1.807) is 0 Å². The Morgan fingerprint density at radius 1 is 0.253 bits per heavy atom. The largest absolute Gasteiger partial charge is 0.208 e. The van der Waals surface area contributed by atoms with E-state index in [1.165, 1.54) is 90.4 Å². The highest BCUT2D eigenvalue weighted by Crippen LogP contribution is 2.58. The van der Waals surface area contributed by atoms with Crippen molar-refractivity contribution < 1.29 is 0 Å². The molecule has 0 saturated heterocycles. The smallest absolute Gasteiger partial charge is 0.164 e. The fourth-order valence-electron chi connectivity index (χ4n) is 11.7. The Kier molecular flexibility index (Phi) is 10.3. The molecule has 0 fully saturated rings. The second kappa shape index (κ2) is 17.8. The van der Waals surface area contributed by atoms with Gasteiger partial charge < -0.3 is 0 Å². The fraction of sp³-hybridized carbons (Fsp3) is 0.0143. The molecule has 11 aromatic carbocycles. The molecule has 0 bridgehead atoms. The number of hydrogen-bond acceptors (Lipinski definition) is 5. The zero-order valence-electron chi connectivity index (χ0n) is 40.5. The quantitative estimate of drug-likeness (QED) is 0.152. The molecular weight excluding hydrogens is 947 g/mol. The summed E-state index contributed by atoms with van der Waals surface area (Å²) in [5, 5.41) is 5.00. The number of fused-ring (bicyclic) bond motifs is 9. The monoisotopic (exact) mass is 989 g/mol. The zero-order chi connectivity index (χ0) is 49.4. The lowest BCUT2D eigenvalue weighted by Crippen LogP contribution is -2.06. The molecule has 0 saturated carbocycles. The van der Waals surface area contributed by atoms with Crippen molar-refractivity contribution in [3.05, 3.63) is 271 Å². The summed E-state index contributed by atoms with van der Waals surface area (Å²) in [6.45, 7) is 0. The summed E-state index contributed by atoms with van der Waals surface area (Å²) in [4.78, 5) is 16.4. The SMILES string of the molecule is c1ccc(-c2cccc3c2-c2c(-c4ccccc4)cccc2C3c2c(-c3ccccc3)cc(-c3nc(-c4ccc5c(c4)sc4ccccc45)nc(-c4ccc5c(c4)sc4ccccc45)n3)cc2-c2ccccc2)cc1. The number of benzene rings is 11. The van der Waals surface area contributed by atoms with E-state index in [9.17, 15) is 0 Å². The lowest BCUT2D eigenvalue weighted by atomic mass is 9.78. The molecule has 75 heavy (non-hydrogen) atoms. The van der Waals surface area contributed by atoms with Crippen LogP contribution in [0.4, 0.5) is 0 Å². The first-order valence-electron chi connectivity index (χ1n) is 25.4. The normalized spacial score (nSPS) is 12.2. The van der Waals surface area contributed by atoms with Gasteiger partial charge in [-0.25, -0.2) is 15.0 Å². The highest BCUT2D eigenvalue weighted by Gasteiger charge is 2.37. The minimum absolute atomic E-state index is 0.118. The van der Waals surface area contributed by atoms with Crippen LogP contribution in [0.1, 0.15) is 22.6 Å². The topological polar surface area (TPSA) is 38.7 Å². The van der Waals surface area contributed by atoms with Crippen LogP contribution in [-0.2, 0) is 0 Å². The molecule has 0 radical (unpaired) electrons. The van der Waals surface area contributed by atoms with Crippen molar-refractivity contribution in [1.29, 1.82) is 0 Å². The number of nitrogens with zero attached hydrogens (tertiary/aromatic N) is 3. The molecule has 1 aliphatic rings. The van der Waals surface area contributed by atoms with Gasteiger partial charge in [0, 0.05) is 63.0 Å². The lowest BCUT2D eigenvalue weighted by molar-refractivity contribution is 1.02. The molecule has 0 amide bonds. The predicted molar refractivity (Wildman–Crippen MR) is 316 cm³/mol. The van der Waals surface area contributed by atoms with Crippen LogP contribution in [0, 0.1) is 0 Å². The second-order valence-corrected chi connectivity index (χ2v) is 21.5. The average Bonchev–Trinajstić information content (AvgIpc) is 4.22. The van der Waals surface area contributed by atoms with Crippen molar-refractivity contribution in [2.45, 2.75) is 5.92 Å². The van der Waals surface area contributed by atoms with Gasteiger partial charge in [-0.1, -0.05) is 218 Å². The summed E-state index contributed by atoms with van der Waals surface area (Å²) >= 11 is 3.61. The Morgan fingerprint density at radius 3 is 1.04 bits per heavy atom. The maximum atomic E-state index is 5.50. The second-order valence-electron chi connectivity index (χ2n) is 19.3. The van der Waals surface area contributed by atoms with Gasteiger partial charge in [0.25, 0.3) is 0 Å². The van der Waals surface area contributed by atoms with E-state index in [0.717, 1.165) is 38.9 Å². The molecule has 3 heterocycles. The fourth-order valence-corrected chi connectivity index (χ4v) is 14.0. The molecule has 350 valence electrons. The van der Waals surface area contributed by atoms with E-state index >= 15 is 0 Å². The molecule has 0 unspecified atom stereocenters. The van der Waals surface area contributed by atoms with Gasteiger partial charge >= 0.3 is 0 Å². The van der Waals surface area contributed by atoms with Crippen LogP contribution in [0.15, 0.2) is 255 Å². The molecular formula is C70H43N3S2. The predicted octanol–water partition coefficient (Wildman–Crippen LogP) is 19.4. The van der Waals surface area contributed by atoms with E-state index in [-0.39, 0.29) is 5.92 Å². The molecule has 0 atom stereocenters. The van der Waals surface area contributed by atoms with Crippen molar-refractivity contribution >= 4 is 63.0 Å². The summed E-state index contributed by atoms with van der Waals surface area (Å²) in [7, 11) is 0. The Balaban J connectivity index is 1.01. The molecule has 15 rings (SSSR count). The third kappa shape index (κ3) is 7.34. The van der Waals surface area contributed by atoms with Crippen molar-refractivity contribution in [2.75, 3.05) is 0 Å². The Bertz CT molecular complexity index is 4240. The molecule has 1 aliphatic carbocycles. The highest BCUT2D eigenvalue weighted by molar-refractivity contribution is 7.26. The first-order chi connectivity index (χ1) is 37.2. The van der Waals surface area contributed by atoms with Gasteiger partial charge in [0.1, 0.15) is 0 Å². The molecule has 0 aliphatic heterocycles. The van der Waals surface area contributed by atoms with Gasteiger partial charge in [0.05, 0.1) is 0 Å². The molecule has 0 spiro atoms. The number of rotatable bonds is 8. The molecule has 5 heteroatoms. The van der Waals surface area contributed by atoms with E-state index in [0.29, 0.717) is 17.5 Å². The van der Waals surface area contributed by atoms with E-state index in [4.69, 9.17) is 15.0 Å². The molecule has 14 aromatic rings. The minimum atomic E-state index is -0.118. The van der Waals surface area contributed by atoms with Gasteiger partial charge in [0.2, 0.25) is 0 Å². The van der Waals surface area contributed by atoms with Gasteiger partial charge in [-0.05, 0) is 109 Å². The van der Waals surface area contributed by atoms with Crippen molar-refractivity contribution in [2.24, 2.45) is 0 Å². The Hall–Kier alpha value is -9.13. The van der Waals surface area contributed by atoms with Crippen LogP contribution >= 0.6 is 22.7 Å². The zero-order valence-corrected chi connectivity index (χ0v) is 42.1. The average molecular weight is 990 g/mol. The number of hydrogen-bond donors (Lipinski definition) is 0. The first kappa shape index (κ1) is 43.5. The Morgan fingerprint density at radius 2 is 0.613 bits per heavy atom. The van der Waals surface area contributed by atoms with Crippen molar-refractivity contribution in [1.82, 2.24) is 15.0 Å². The van der Waals surface area contributed by atoms with Gasteiger partial charge in [-0.3, -0.25) is 0 Å². The van der Waals surface area contributed by atoms with Crippen LogP contribution in [0.3, 0.4) is 0 Å². The molecule has 3 aromatic heterocycles. The van der Waals surface area contributed by atoms with Gasteiger partial charge in [-0.2, -0.15) is 0 Å². The summed E-state index contributed by atoms with van der Waals surface area (Å²) in [5.41, 5.74) is 18.6. The van der Waals surface area contributed by atoms with Crippen LogP contribution in [-0.4, -0.2) is 15.0 Å². The van der Waals surface area contributed by atoms with Gasteiger partial charge in [-0.15, -0.1) is 22.7 Å². The summed E-state index contributed by atoms with van der Waals surface area (Å²) in [5.74, 6) is 1.77. The summed E-state index contributed by atoms with van der Waals surface area (Å²) in [6.07, 6.45) is 0. The van der Waals surface area contributed by atoms with Crippen LogP contribution in [0.5, 0.6) is 0 Å². The van der Waals surface area contributed by atoms with Gasteiger partial charge in [0.15, 0.2) is 17.5 Å². The third-order valence-electron chi connectivity index (χ3n) is 15.0. The molecule has 3 nitrogen and oxygen atoms in total. The number of aromatic nitrogens is 3. The van der Waals surface area contributed by atoms with Crippen LogP contribution in [0.25, 0.3) is 130 Å². The summed E-state index contributed by atoms with van der Waals surface area (Å²) < 4.78 is 4.93. The third-order valence-corrected chi connectivity index (χ3v) is 17.3. The number of thiophene rings is 2. The summed E-state index contributed by atoms with van der Waals surface area (Å²) in [6, 6.07) is 92.7. The lowest BCUT2D eigenvalue weighted by Gasteiger charge is -2.25. The van der Waals surface area contributed by atoms with E-state index < -0.39 is 0 Å².